The number of aromatic carboxylic acids is 1. The van der Waals surface area contributed by atoms with Gasteiger partial charge in [0.05, 0.1) is 23.0 Å². The number of carbonyl (C=O) groups is 1. The third-order valence-corrected chi connectivity index (χ3v) is 2.97. The number of rotatable bonds is 3. The zero-order valence-electron chi connectivity index (χ0n) is 10.4. The summed E-state index contributed by atoms with van der Waals surface area (Å²) in [5.74, 6) is -0.992. The SMILES string of the molecule is O=C(O)c1ccncc1Nc1ccnc2ccccc12. The Morgan fingerprint density at radius 2 is 1.90 bits per heavy atom. The van der Waals surface area contributed by atoms with Gasteiger partial charge in [-0.15, -0.1) is 0 Å². The highest BCUT2D eigenvalue weighted by Gasteiger charge is 2.10. The van der Waals surface area contributed by atoms with E-state index in [0.29, 0.717) is 5.69 Å². The summed E-state index contributed by atoms with van der Waals surface area (Å²) < 4.78 is 0. The Balaban J connectivity index is 2.08. The Labute approximate surface area is 114 Å². The molecule has 2 heterocycles. The Morgan fingerprint density at radius 1 is 1.05 bits per heavy atom. The van der Waals surface area contributed by atoms with Crippen LogP contribution >= 0.6 is 0 Å². The molecule has 2 aromatic heterocycles. The van der Waals surface area contributed by atoms with Gasteiger partial charge >= 0.3 is 5.97 Å². The van der Waals surface area contributed by atoms with Crippen molar-refractivity contribution in [2.75, 3.05) is 5.32 Å². The fraction of sp³-hybridized carbons (Fsp3) is 0. The smallest absolute Gasteiger partial charge is 0.337 e. The molecule has 5 nitrogen and oxygen atoms in total. The number of benzene rings is 1. The van der Waals surface area contributed by atoms with Crippen LogP contribution in [0.4, 0.5) is 11.4 Å². The lowest BCUT2D eigenvalue weighted by Gasteiger charge is -2.11. The first-order valence-electron chi connectivity index (χ1n) is 6.04. The summed E-state index contributed by atoms with van der Waals surface area (Å²) in [4.78, 5) is 19.4. The van der Waals surface area contributed by atoms with E-state index in [-0.39, 0.29) is 5.56 Å². The highest BCUT2D eigenvalue weighted by Crippen LogP contribution is 2.26. The van der Waals surface area contributed by atoms with Gasteiger partial charge in [-0.25, -0.2) is 4.79 Å². The minimum atomic E-state index is -0.992. The molecule has 0 aliphatic heterocycles. The average molecular weight is 265 g/mol. The largest absolute Gasteiger partial charge is 0.478 e. The monoisotopic (exact) mass is 265 g/mol. The molecule has 0 saturated heterocycles. The van der Waals surface area contributed by atoms with E-state index in [0.717, 1.165) is 16.6 Å². The highest BCUT2D eigenvalue weighted by atomic mass is 16.4. The van der Waals surface area contributed by atoms with Gasteiger partial charge in [-0.05, 0) is 18.2 Å². The number of aromatic nitrogens is 2. The number of fused-ring (bicyclic) bond motifs is 1. The lowest BCUT2D eigenvalue weighted by atomic mass is 10.1. The summed E-state index contributed by atoms with van der Waals surface area (Å²) in [5, 5.41) is 13.2. The van der Waals surface area contributed by atoms with Crippen LogP contribution in [0.3, 0.4) is 0 Å². The van der Waals surface area contributed by atoms with Gasteiger partial charge in [0.2, 0.25) is 0 Å². The fourth-order valence-electron chi connectivity index (χ4n) is 2.03. The van der Waals surface area contributed by atoms with Crippen LogP contribution < -0.4 is 5.32 Å². The minimum absolute atomic E-state index is 0.181. The lowest BCUT2D eigenvalue weighted by Crippen LogP contribution is -2.03. The van der Waals surface area contributed by atoms with Crippen LogP contribution in [0.15, 0.2) is 55.0 Å². The van der Waals surface area contributed by atoms with Crippen molar-refractivity contribution in [2.45, 2.75) is 0 Å². The molecule has 20 heavy (non-hydrogen) atoms. The zero-order valence-corrected chi connectivity index (χ0v) is 10.4. The number of para-hydroxylation sites is 1. The molecule has 3 rings (SSSR count). The summed E-state index contributed by atoms with van der Waals surface area (Å²) in [6.07, 6.45) is 4.64. The molecule has 0 radical (unpaired) electrons. The van der Waals surface area contributed by atoms with Crippen molar-refractivity contribution in [2.24, 2.45) is 0 Å². The van der Waals surface area contributed by atoms with E-state index in [1.807, 2.05) is 24.3 Å². The Bertz CT molecular complexity index is 781. The average Bonchev–Trinajstić information content (AvgIpc) is 2.48. The maximum Gasteiger partial charge on any atom is 0.337 e. The van der Waals surface area contributed by atoms with E-state index in [1.54, 1.807) is 12.3 Å². The van der Waals surface area contributed by atoms with E-state index >= 15 is 0 Å². The standard InChI is InChI=1S/C15H11N3O2/c19-15(20)11-5-7-16-9-14(11)18-13-6-8-17-12-4-2-1-3-10(12)13/h1-9H,(H,17,18)(H,19,20). The summed E-state index contributed by atoms with van der Waals surface area (Å²) >= 11 is 0. The van der Waals surface area contributed by atoms with Crippen molar-refractivity contribution in [3.05, 3.63) is 60.6 Å². The summed E-state index contributed by atoms with van der Waals surface area (Å²) in [6.45, 7) is 0. The maximum absolute atomic E-state index is 11.2. The number of anilines is 2. The predicted molar refractivity (Wildman–Crippen MR) is 76.2 cm³/mol. The number of nitrogens with one attached hydrogen (secondary N) is 1. The van der Waals surface area contributed by atoms with Gasteiger partial charge in [0.15, 0.2) is 0 Å². The minimum Gasteiger partial charge on any atom is -0.478 e. The van der Waals surface area contributed by atoms with E-state index in [2.05, 4.69) is 15.3 Å². The number of hydrogen-bond donors (Lipinski definition) is 2. The highest BCUT2D eigenvalue weighted by molar-refractivity contribution is 5.98. The topological polar surface area (TPSA) is 75.1 Å². The van der Waals surface area contributed by atoms with Crippen LogP contribution in [-0.2, 0) is 0 Å². The molecule has 0 bridgehead atoms. The van der Waals surface area contributed by atoms with Crippen LogP contribution in [0, 0.1) is 0 Å². The summed E-state index contributed by atoms with van der Waals surface area (Å²) in [5.41, 5.74) is 2.28. The van der Waals surface area contributed by atoms with Crippen molar-refractivity contribution < 1.29 is 9.90 Å². The number of pyridine rings is 2. The predicted octanol–water partition coefficient (Wildman–Crippen LogP) is 3.07. The van der Waals surface area contributed by atoms with Crippen LogP contribution in [0.2, 0.25) is 0 Å². The summed E-state index contributed by atoms with van der Waals surface area (Å²) in [6, 6.07) is 10.9. The van der Waals surface area contributed by atoms with E-state index in [1.165, 1.54) is 18.5 Å². The molecule has 98 valence electrons. The Kier molecular flexibility index (Phi) is 3.01. The second-order valence-electron chi connectivity index (χ2n) is 4.23. The molecule has 0 saturated carbocycles. The molecule has 0 fully saturated rings. The van der Waals surface area contributed by atoms with Crippen LogP contribution in [-0.4, -0.2) is 21.0 Å². The van der Waals surface area contributed by atoms with Gasteiger partial charge in [-0.1, -0.05) is 18.2 Å². The van der Waals surface area contributed by atoms with Crippen molar-refractivity contribution >= 4 is 28.2 Å². The Hall–Kier alpha value is -2.95. The van der Waals surface area contributed by atoms with Crippen molar-refractivity contribution in [3.8, 4) is 0 Å². The van der Waals surface area contributed by atoms with E-state index in [4.69, 9.17) is 0 Å². The van der Waals surface area contributed by atoms with Crippen molar-refractivity contribution in [1.29, 1.82) is 0 Å². The summed E-state index contributed by atoms with van der Waals surface area (Å²) in [7, 11) is 0. The van der Waals surface area contributed by atoms with E-state index < -0.39 is 5.97 Å². The number of carboxylic acid groups (broad SMARTS) is 1. The zero-order chi connectivity index (χ0) is 13.9. The molecule has 0 unspecified atom stereocenters. The first kappa shape index (κ1) is 12.1. The van der Waals surface area contributed by atoms with Crippen LogP contribution in [0.25, 0.3) is 10.9 Å². The van der Waals surface area contributed by atoms with E-state index in [9.17, 15) is 9.90 Å². The van der Waals surface area contributed by atoms with Gasteiger partial charge in [-0.3, -0.25) is 9.97 Å². The quantitative estimate of drug-likeness (QED) is 0.761. The lowest BCUT2D eigenvalue weighted by molar-refractivity contribution is 0.0698. The number of hydrogen-bond acceptors (Lipinski definition) is 4. The van der Waals surface area contributed by atoms with Crippen molar-refractivity contribution in [1.82, 2.24) is 9.97 Å². The molecule has 0 aliphatic carbocycles. The molecule has 2 N–H and O–H groups in total. The van der Waals surface area contributed by atoms with Gasteiger partial charge in [0.1, 0.15) is 0 Å². The molecule has 0 aliphatic rings. The maximum atomic E-state index is 11.2. The first-order chi connectivity index (χ1) is 9.75. The van der Waals surface area contributed by atoms with Gasteiger partial charge < -0.3 is 10.4 Å². The molecule has 5 heteroatoms. The Morgan fingerprint density at radius 3 is 2.75 bits per heavy atom. The van der Waals surface area contributed by atoms with Gasteiger partial charge in [0.25, 0.3) is 0 Å². The number of carboxylic acids is 1. The molecule has 0 atom stereocenters. The van der Waals surface area contributed by atoms with Crippen LogP contribution in [0.1, 0.15) is 10.4 Å². The first-order valence-corrected chi connectivity index (χ1v) is 6.04. The third-order valence-electron chi connectivity index (χ3n) is 2.97. The molecular weight excluding hydrogens is 254 g/mol. The normalized spacial score (nSPS) is 10.4. The van der Waals surface area contributed by atoms with Crippen molar-refractivity contribution in [3.63, 3.8) is 0 Å². The van der Waals surface area contributed by atoms with Crippen LogP contribution in [0.5, 0.6) is 0 Å². The third kappa shape index (κ3) is 2.16. The second kappa shape index (κ2) is 4.97. The van der Waals surface area contributed by atoms with Gasteiger partial charge in [-0.2, -0.15) is 0 Å². The molecule has 1 aromatic carbocycles. The molecule has 0 spiro atoms. The molecule has 0 amide bonds. The molecule has 3 aromatic rings. The second-order valence-corrected chi connectivity index (χ2v) is 4.23. The number of nitrogens with zero attached hydrogens (tertiary/aromatic N) is 2. The van der Waals surface area contributed by atoms with Gasteiger partial charge in [0, 0.05) is 23.5 Å². The molecular formula is C15H11N3O2. The fourth-order valence-corrected chi connectivity index (χ4v) is 2.03.